The average Bonchev–Trinajstić information content (AvgIpc) is 3.12. The maximum atomic E-state index is 12.7. The molecule has 0 bridgehead atoms. The van der Waals surface area contributed by atoms with Crippen molar-refractivity contribution in [2.75, 3.05) is 32.7 Å². The van der Waals surface area contributed by atoms with E-state index in [2.05, 4.69) is 0 Å². The van der Waals surface area contributed by atoms with Gasteiger partial charge in [0.1, 0.15) is 24.4 Å². The molecule has 36 heavy (non-hydrogen) atoms. The van der Waals surface area contributed by atoms with Crippen LogP contribution in [0.5, 0.6) is 0 Å². The first kappa shape index (κ1) is 27.4. The van der Waals surface area contributed by atoms with Crippen LogP contribution in [0.3, 0.4) is 0 Å². The third-order valence-electron chi connectivity index (χ3n) is 6.18. The van der Waals surface area contributed by atoms with Crippen LogP contribution in [0.2, 0.25) is 0 Å². The first-order valence-corrected chi connectivity index (χ1v) is 12.5. The van der Waals surface area contributed by atoms with Gasteiger partial charge in [0.25, 0.3) is 0 Å². The van der Waals surface area contributed by atoms with Gasteiger partial charge in [0.2, 0.25) is 12.3 Å². The predicted octanol–water partition coefficient (Wildman–Crippen LogP) is 2.90. The van der Waals surface area contributed by atoms with Crippen LogP contribution in [0.4, 0.5) is 4.79 Å². The smallest absolute Gasteiger partial charge is 0.411 e. The van der Waals surface area contributed by atoms with Gasteiger partial charge in [-0.1, -0.05) is 30.3 Å². The monoisotopic (exact) mass is 503 g/mol. The van der Waals surface area contributed by atoms with E-state index < -0.39 is 23.3 Å². The number of likely N-dealkylation sites (tertiary alicyclic amines) is 1. The van der Waals surface area contributed by atoms with Gasteiger partial charge in [0.05, 0.1) is 6.54 Å². The van der Waals surface area contributed by atoms with Crippen LogP contribution in [-0.4, -0.2) is 83.2 Å². The lowest BCUT2D eigenvalue weighted by molar-refractivity contribution is -0.177. The van der Waals surface area contributed by atoms with Crippen LogP contribution in [-0.2, 0) is 35.3 Å². The minimum atomic E-state index is -0.670. The van der Waals surface area contributed by atoms with E-state index in [1.165, 1.54) is 9.96 Å². The van der Waals surface area contributed by atoms with E-state index in [4.69, 9.17) is 14.3 Å². The number of hydroxylamine groups is 2. The summed E-state index contributed by atoms with van der Waals surface area (Å²) in [6.45, 7) is 7.22. The second kappa shape index (κ2) is 12.2. The van der Waals surface area contributed by atoms with Gasteiger partial charge in [-0.15, -0.1) is 0 Å². The molecule has 0 radical (unpaired) electrons. The molecule has 0 aromatic heterocycles. The highest BCUT2D eigenvalue weighted by atomic mass is 16.7. The Hall–Kier alpha value is -3.14. The van der Waals surface area contributed by atoms with Crippen molar-refractivity contribution < 1.29 is 33.5 Å². The van der Waals surface area contributed by atoms with Crippen LogP contribution in [0, 0.1) is 0 Å². The summed E-state index contributed by atoms with van der Waals surface area (Å²) in [6, 6.07) is 9.59. The topological polar surface area (TPSA) is 106 Å². The number of carbonyl (C=O) groups is 4. The molecule has 0 unspecified atom stereocenters. The molecule has 2 aliphatic rings. The largest absolute Gasteiger partial charge is 0.459 e. The molecular formula is C26H37N3O7. The number of unbranched alkanes of at least 4 members (excludes halogenated alkanes) is 1. The van der Waals surface area contributed by atoms with E-state index in [0.29, 0.717) is 71.3 Å². The van der Waals surface area contributed by atoms with Crippen molar-refractivity contribution in [1.29, 1.82) is 0 Å². The molecule has 1 aromatic carbocycles. The Kier molecular flexibility index (Phi) is 9.31. The van der Waals surface area contributed by atoms with Crippen LogP contribution in [0.1, 0.15) is 58.4 Å². The Morgan fingerprint density at radius 1 is 1.14 bits per heavy atom. The number of benzene rings is 1. The molecule has 2 saturated heterocycles. The molecule has 3 rings (SSSR count). The summed E-state index contributed by atoms with van der Waals surface area (Å²) < 4.78 is 10.9. The van der Waals surface area contributed by atoms with E-state index in [1.807, 2.05) is 30.3 Å². The SMILES string of the molecule is CC(C)(C)OC(=O)CN1CC2(CCN(C(=O)CCCCN(C=O)OCc3ccccc3)CC2)OC1=O. The van der Waals surface area contributed by atoms with Crippen LogP contribution in [0.15, 0.2) is 30.3 Å². The van der Waals surface area contributed by atoms with Gasteiger partial charge in [-0.05, 0) is 39.2 Å². The summed E-state index contributed by atoms with van der Waals surface area (Å²) in [6.07, 6.45) is 2.86. The number of piperidine rings is 1. The number of hydrogen-bond acceptors (Lipinski definition) is 7. The molecule has 10 heteroatoms. The quantitative estimate of drug-likeness (QED) is 0.198. The molecule has 10 nitrogen and oxygen atoms in total. The zero-order chi connectivity index (χ0) is 26.2. The second-order valence-corrected chi connectivity index (χ2v) is 10.3. The van der Waals surface area contributed by atoms with Crippen molar-refractivity contribution >= 4 is 24.4 Å². The van der Waals surface area contributed by atoms with E-state index in [9.17, 15) is 19.2 Å². The van der Waals surface area contributed by atoms with Crippen molar-refractivity contribution in [3.8, 4) is 0 Å². The fraction of sp³-hybridized carbons (Fsp3) is 0.615. The van der Waals surface area contributed by atoms with Gasteiger partial charge >= 0.3 is 12.1 Å². The van der Waals surface area contributed by atoms with Gasteiger partial charge < -0.3 is 14.4 Å². The second-order valence-electron chi connectivity index (χ2n) is 10.3. The number of hydrogen-bond donors (Lipinski definition) is 0. The van der Waals surface area contributed by atoms with Gasteiger partial charge in [0, 0.05) is 38.9 Å². The summed E-state index contributed by atoms with van der Waals surface area (Å²) in [5.74, 6) is -0.426. The third kappa shape index (κ3) is 8.22. The first-order valence-electron chi connectivity index (χ1n) is 12.5. The van der Waals surface area contributed by atoms with Crippen molar-refractivity contribution in [3.05, 3.63) is 35.9 Å². The van der Waals surface area contributed by atoms with E-state index in [1.54, 1.807) is 25.7 Å². The Bertz CT molecular complexity index is 908. The van der Waals surface area contributed by atoms with Crippen LogP contribution in [0.25, 0.3) is 0 Å². The standard InChI is InChI=1S/C26H37N3O7/c1-25(2,3)35-23(32)17-28-19-26(36-24(28)33)12-15-27(16-13-26)22(31)11-7-8-14-29(20-30)34-18-21-9-5-4-6-10-21/h4-6,9-10,20H,7-8,11-19H2,1-3H3. The Labute approximate surface area is 212 Å². The zero-order valence-corrected chi connectivity index (χ0v) is 21.4. The maximum absolute atomic E-state index is 12.7. The Balaban J connectivity index is 1.34. The highest BCUT2D eigenvalue weighted by Crippen LogP contribution is 2.33. The lowest BCUT2D eigenvalue weighted by atomic mass is 9.91. The normalized spacial score (nSPS) is 17.1. The summed E-state index contributed by atoms with van der Waals surface area (Å²) in [4.78, 5) is 57.0. The summed E-state index contributed by atoms with van der Waals surface area (Å²) in [7, 11) is 0. The van der Waals surface area contributed by atoms with E-state index in [0.717, 1.165) is 5.56 Å². The Morgan fingerprint density at radius 2 is 1.83 bits per heavy atom. The number of ether oxygens (including phenoxy) is 2. The number of esters is 1. The molecule has 3 amide bonds. The molecule has 1 aromatic rings. The molecule has 2 heterocycles. The van der Waals surface area contributed by atoms with Crippen LogP contribution >= 0.6 is 0 Å². The molecule has 198 valence electrons. The highest BCUT2D eigenvalue weighted by Gasteiger charge is 2.48. The lowest BCUT2D eigenvalue weighted by Crippen LogP contribution is -2.49. The Morgan fingerprint density at radius 3 is 2.47 bits per heavy atom. The minimum absolute atomic E-state index is 0.0441. The van der Waals surface area contributed by atoms with Gasteiger partial charge in [-0.2, -0.15) is 0 Å². The molecule has 1 spiro atoms. The minimum Gasteiger partial charge on any atom is -0.459 e. The fourth-order valence-corrected chi connectivity index (χ4v) is 4.35. The molecule has 2 aliphatic heterocycles. The number of amides is 3. The highest BCUT2D eigenvalue weighted by molar-refractivity contribution is 5.80. The fourth-order valence-electron chi connectivity index (χ4n) is 4.35. The number of rotatable bonds is 11. The molecule has 0 atom stereocenters. The predicted molar refractivity (Wildman–Crippen MR) is 130 cm³/mol. The maximum Gasteiger partial charge on any atom is 0.411 e. The summed E-state index contributed by atoms with van der Waals surface area (Å²) in [5.41, 5.74) is -0.315. The van der Waals surface area contributed by atoms with Crippen LogP contribution < -0.4 is 0 Å². The van der Waals surface area contributed by atoms with Crippen molar-refractivity contribution in [2.45, 2.75) is 70.7 Å². The molecule has 2 fully saturated rings. The summed E-state index contributed by atoms with van der Waals surface area (Å²) >= 11 is 0. The lowest BCUT2D eigenvalue weighted by Gasteiger charge is -2.37. The molecule has 0 aliphatic carbocycles. The number of nitrogens with zero attached hydrogens (tertiary/aromatic N) is 3. The van der Waals surface area contributed by atoms with Crippen molar-refractivity contribution in [2.24, 2.45) is 0 Å². The van der Waals surface area contributed by atoms with Crippen molar-refractivity contribution in [1.82, 2.24) is 14.9 Å². The molecular weight excluding hydrogens is 466 g/mol. The number of carbonyl (C=O) groups excluding carboxylic acids is 4. The molecule has 0 N–H and O–H groups in total. The zero-order valence-electron chi connectivity index (χ0n) is 21.4. The average molecular weight is 504 g/mol. The first-order chi connectivity index (χ1) is 17.1. The molecule has 0 saturated carbocycles. The third-order valence-corrected chi connectivity index (χ3v) is 6.18. The van der Waals surface area contributed by atoms with E-state index >= 15 is 0 Å². The van der Waals surface area contributed by atoms with Gasteiger partial charge in [-0.3, -0.25) is 24.1 Å². The van der Waals surface area contributed by atoms with Gasteiger partial charge in [0.15, 0.2) is 0 Å². The van der Waals surface area contributed by atoms with Crippen molar-refractivity contribution in [3.63, 3.8) is 0 Å². The summed E-state index contributed by atoms with van der Waals surface area (Å²) in [5, 5.41) is 1.26. The van der Waals surface area contributed by atoms with E-state index in [-0.39, 0.29) is 12.5 Å². The van der Waals surface area contributed by atoms with Gasteiger partial charge in [-0.25, -0.2) is 9.86 Å².